The molecule has 4 nitrogen and oxygen atoms in total. The standard InChI is InChI=1S/C18H26N2O2/c1-5-13-8-7-9-14(6-2)15(13)20-17(22)18(10-11-18)16(21)19-12(3)4/h7-9,12H,5-6,10-11H2,1-4H3,(H,19,21)(H,20,22). The van der Waals surface area contributed by atoms with E-state index in [9.17, 15) is 9.59 Å². The van der Waals surface area contributed by atoms with Crippen LogP contribution in [-0.4, -0.2) is 17.9 Å². The Kier molecular flexibility index (Phi) is 4.89. The van der Waals surface area contributed by atoms with E-state index in [2.05, 4.69) is 24.5 Å². The molecule has 0 heterocycles. The van der Waals surface area contributed by atoms with Crippen LogP contribution in [0.3, 0.4) is 0 Å². The van der Waals surface area contributed by atoms with Gasteiger partial charge in [-0.05, 0) is 50.7 Å². The van der Waals surface area contributed by atoms with Gasteiger partial charge in [0.1, 0.15) is 5.41 Å². The minimum Gasteiger partial charge on any atom is -0.353 e. The molecule has 0 aliphatic heterocycles. The van der Waals surface area contributed by atoms with Crippen molar-refractivity contribution >= 4 is 17.5 Å². The van der Waals surface area contributed by atoms with Crippen molar-refractivity contribution in [3.63, 3.8) is 0 Å². The second-order valence-corrected chi connectivity index (χ2v) is 6.32. The molecule has 0 radical (unpaired) electrons. The Labute approximate surface area is 132 Å². The second-order valence-electron chi connectivity index (χ2n) is 6.32. The summed E-state index contributed by atoms with van der Waals surface area (Å²) in [4.78, 5) is 25.0. The molecule has 1 aromatic rings. The van der Waals surface area contributed by atoms with Crippen LogP contribution in [0.5, 0.6) is 0 Å². The van der Waals surface area contributed by atoms with E-state index < -0.39 is 5.41 Å². The average molecular weight is 302 g/mol. The van der Waals surface area contributed by atoms with Crippen molar-refractivity contribution < 1.29 is 9.59 Å². The first kappa shape index (κ1) is 16.5. The molecule has 4 heteroatoms. The maximum Gasteiger partial charge on any atom is 0.240 e. The number of hydrogen-bond donors (Lipinski definition) is 2. The molecule has 0 aromatic heterocycles. The Morgan fingerprint density at radius 3 is 2.05 bits per heavy atom. The van der Waals surface area contributed by atoms with Crippen molar-refractivity contribution in [2.45, 2.75) is 59.4 Å². The van der Waals surface area contributed by atoms with Crippen molar-refractivity contribution in [1.82, 2.24) is 5.32 Å². The minimum atomic E-state index is -0.865. The highest BCUT2D eigenvalue weighted by Gasteiger charge is 2.56. The van der Waals surface area contributed by atoms with Gasteiger partial charge in [-0.15, -0.1) is 0 Å². The topological polar surface area (TPSA) is 58.2 Å². The molecule has 1 aliphatic rings. The third-order valence-electron chi connectivity index (χ3n) is 4.28. The average Bonchev–Trinajstić information content (AvgIpc) is 3.28. The zero-order chi connectivity index (χ0) is 16.3. The van der Waals surface area contributed by atoms with E-state index in [4.69, 9.17) is 0 Å². The molecule has 0 spiro atoms. The molecule has 0 atom stereocenters. The van der Waals surface area contributed by atoms with Crippen molar-refractivity contribution in [1.29, 1.82) is 0 Å². The van der Waals surface area contributed by atoms with Gasteiger partial charge in [0.25, 0.3) is 0 Å². The number of anilines is 1. The Morgan fingerprint density at radius 2 is 1.64 bits per heavy atom. The fraction of sp³-hybridized carbons (Fsp3) is 0.556. The maximum atomic E-state index is 12.7. The lowest BCUT2D eigenvalue weighted by Gasteiger charge is -2.20. The first-order valence-corrected chi connectivity index (χ1v) is 8.17. The van der Waals surface area contributed by atoms with Crippen molar-refractivity contribution in [2.75, 3.05) is 5.32 Å². The van der Waals surface area contributed by atoms with Gasteiger partial charge >= 0.3 is 0 Å². The van der Waals surface area contributed by atoms with Crippen LogP contribution in [-0.2, 0) is 22.4 Å². The summed E-state index contributed by atoms with van der Waals surface area (Å²) in [5.41, 5.74) is 2.26. The van der Waals surface area contributed by atoms with E-state index in [1.807, 2.05) is 32.0 Å². The monoisotopic (exact) mass is 302 g/mol. The number of rotatable bonds is 6. The van der Waals surface area contributed by atoms with Gasteiger partial charge in [0.05, 0.1) is 0 Å². The van der Waals surface area contributed by atoms with E-state index in [-0.39, 0.29) is 17.9 Å². The largest absolute Gasteiger partial charge is 0.353 e. The first-order chi connectivity index (χ1) is 10.4. The highest BCUT2D eigenvalue weighted by Crippen LogP contribution is 2.47. The van der Waals surface area contributed by atoms with Gasteiger partial charge < -0.3 is 10.6 Å². The molecule has 1 aliphatic carbocycles. The summed E-state index contributed by atoms with van der Waals surface area (Å²) in [6.45, 7) is 7.96. The fourth-order valence-electron chi connectivity index (χ4n) is 2.72. The molecule has 2 rings (SSSR count). The van der Waals surface area contributed by atoms with Crippen LogP contribution >= 0.6 is 0 Å². The summed E-state index contributed by atoms with van der Waals surface area (Å²) in [5, 5.41) is 5.91. The maximum absolute atomic E-state index is 12.7. The van der Waals surface area contributed by atoms with Crippen LogP contribution in [0.2, 0.25) is 0 Å². The Morgan fingerprint density at radius 1 is 1.09 bits per heavy atom. The summed E-state index contributed by atoms with van der Waals surface area (Å²) in [5.74, 6) is -0.312. The molecule has 0 saturated heterocycles. The van der Waals surface area contributed by atoms with E-state index in [1.165, 1.54) is 0 Å². The van der Waals surface area contributed by atoms with Gasteiger partial charge in [-0.25, -0.2) is 0 Å². The van der Waals surface area contributed by atoms with Gasteiger partial charge in [0, 0.05) is 11.7 Å². The van der Waals surface area contributed by atoms with Gasteiger partial charge in [-0.2, -0.15) is 0 Å². The highest BCUT2D eigenvalue weighted by molar-refractivity contribution is 6.13. The number of benzene rings is 1. The van der Waals surface area contributed by atoms with Crippen LogP contribution < -0.4 is 10.6 Å². The van der Waals surface area contributed by atoms with E-state index >= 15 is 0 Å². The summed E-state index contributed by atoms with van der Waals surface area (Å²) in [6, 6.07) is 6.13. The summed E-state index contributed by atoms with van der Waals surface area (Å²) in [7, 11) is 0. The summed E-state index contributed by atoms with van der Waals surface area (Å²) < 4.78 is 0. The number of amides is 2. The van der Waals surface area contributed by atoms with Crippen LogP contribution in [0.15, 0.2) is 18.2 Å². The second kappa shape index (κ2) is 6.51. The van der Waals surface area contributed by atoms with E-state index in [0.29, 0.717) is 12.8 Å². The molecule has 0 bridgehead atoms. The van der Waals surface area contributed by atoms with Crippen LogP contribution in [0.25, 0.3) is 0 Å². The van der Waals surface area contributed by atoms with Gasteiger partial charge in [0.15, 0.2) is 0 Å². The molecule has 1 aromatic carbocycles. The first-order valence-electron chi connectivity index (χ1n) is 8.17. The van der Waals surface area contributed by atoms with E-state index in [0.717, 1.165) is 29.7 Å². The number of para-hydroxylation sites is 1. The third-order valence-corrected chi connectivity index (χ3v) is 4.28. The van der Waals surface area contributed by atoms with Crippen LogP contribution in [0.1, 0.15) is 51.7 Å². The number of carbonyl (C=O) groups is 2. The number of hydrogen-bond acceptors (Lipinski definition) is 2. The zero-order valence-electron chi connectivity index (χ0n) is 14.0. The Balaban J connectivity index is 2.21. The molecule has 0 unspecified atom stereocenters. The van der Waals surface area contributed by atoms with Crippen molar-refractivity contribution in [3.8, 4) is 0 Å². The van der Waals surface area contributed by atoms with E-state index in [1.54, 1.807) is 0 Å². The predicted molar refractivity (Wildman–Crippen MR) is 88.8 cm³/mol. The lowest BCUT2D eigenvalue weighted by Crippen LogP contribution is -2.42. The molecule has 1 saturated carbocycles. The number of aryl methyl sites for hydroxylation is 2. The summed E-state index contributed by atoms with van der Waals surface area (Å²) >= 11 is 0. The minimum absolute atomic E-state index is 0.0481. The smallest absolute Gasteiger partial charge is 0.240 e. The third kappa shape index (κ3) is 3.16. The lowest BCUT2D eigenvalue weighted by molar-refractivity contribution is -0.134. The fourth-order valence-corrected chi connectivity index (χ4v) is 2.72. The van der Waals surface area contributed by atoms with Crippen LogP contribution in [0.4, 0.5) is 5.69 Å². The lowest BCUT2D eigenvalue weighted by atomic mass is 10.00. The van der Waals surface area contributed by atoms with Crippen molar-refractivity contribution in [3.05, 3.63) is 29.3 Å². The zero-order valence-corrected chi connectivity index (χ0v) is 14.0. The quantitative estimate of drug-likeness (QED) is 0.794. The van der Waals surface area contributed by atoms with Gasteiger partial charge in [-0.1, -0.05) is 32.0 Å². The molecule has 2 N–H and O–H groups in total. The molecule has 22 heavy (non-hydrogen) atoms. The molecule has 1 fully saturated rings. The predicted octanol–water partition coefficient (Wildman–Crippen LogP) is 3.05. The van der Waals surface area contributed by atoms with Crippen LogP contribution in [0, 0.1) is 5.41 Å². The van der Waals surface area contributed by atoms with Crippen molar-refractivity contribution in [2.24, 2.45) is 5.41 Å². The Bertz CT molecular complexity index is 552. The molecular weight excluding hydrogens is 276 g/mol. The summed E-state index contributed by atoms with van der Waals surface area (Å²) in [6.07, 6.45) is 2.98. The highest BCUT2D eigenvalue weighted by atomic mass is 16.2. The molecular formula is C18H26N2O2. The van der Waals surface area contributed by atoms with Gasteiger partial charge in [0.2, 0.25) is 11.8 Å². The number of carbonyl (C=O) groups excluding carboxylic acids is 2. The number of nitrogens with one attached hydrogen (secondary N) is 2. The van der Waals surface area contributed by atoms with Gasteiger partial charge in [-0.3, -0.25) is 9.59 Å². The Hall–Kier alpha value is -1.84. The molecule has 120 valence electrons. The molecule has 2 amide bonds. The SMILES string of the molecule is CCc1cccc(CC)c1NC(=O)C1(C(=O)NC(C)C)CC1. The normalized spacial score (nSPS) is 15.5.